The SMILES string of the molecule is Cc1ccc2nc(-c3ccc(NC(=O)c4cccnc4O[C@H]4CCOC4)cc3)sc2c1. The molecule has 7 heteroatoms. The minimum atomic E-state index is -0.259. The zero-order valence-electron chi connectivity index (χ0n) is 17.0. The van der Waals surface area contributed by atoms with Gasteiger partial charge < -0.3 is 14.8 Å². The molecule has 0 radical (unpaired) electrons. The lowest BCUT2D eigenvalue weighted by atomic mass is 10.2. The summed E-state index contributed by atoms with van der Waals surface area (Å²) in [6, 6.07) is 17.4. The van der Waals surface area contributed by atoms with Crippen LogP contribution in [0.15, 0.2) is 60.8 Å². The average Bonchev–Trinajstić information content (AvgIpc) is 3.44. The second-order valence-corrected chi connectivity index (χ2v) is 8.51. The second-order valence-electron chi connectivity index (χ2n) is 7.48. The molecule has 3 heterocycles. The minimum Gasteiger partial charge on any atom is -0.471 e. The third-order valence-corrected chi connectivity index (χ3v) is 6.18. The van der Waals surface area contributed by atoms with Gasteiger partial charge in [0.2, 0.25) is 5.88 Å². The van der Waals surface area contributed by atoms with Crippen LogP contribution >= 0.6 is 11.3 Å². The van der Waals surface area contributed by atoms with Crippen LogP contribution < -0.4 is 10.1 Å². The molecule has 0 spiro atoms. The molecule has 0 unspecified atom stereocenters. The zero-order chi connectivity index (χ0) is 21.2. The Labute approximate surface area is 183 Å². The zero-order valence-corrected chi connectivity index (χ0v) is 17.8. The summed E-state index contributed by atoms with van der Waals surface area (Å²) >= 11 is 1.66. The molecule has 1 aliphatic rings. The number of carbonyl (C=O) groups is 1. The van der Waals surface area contributed by atoms with Crippen molar-refractivity contribution in [3.05, 3.63) is 71.9 Å². The Morgan fingerprint density at radius 2 is 2.06 bits per heavy atom. The molecule has 4 aromatic rings. The minimum absolute atomic E-state index is 0.0710. The first-order valence-corrected chi connectivity index (χ1v) is 11.0. The number of nitrogens with zero attached hydrogens (tertiary/aromatic N) is 2. The van der Waals surface area contributed by atoms with Gasteiger partial charge in [-0.3, -0.25) is 4.79 Å². The lowest BCUT2D eigenvalue weighted by Crippen LogP contribution is -2.20. The van der Waals surface area contributed by atoms with Crippen LogP contribution in [0.1, 0.15) is 22.3 Å². The number of ether oxygens (including phenoxy) is 2. The first kappa shape index (κ1) is 19.7. The van der Waals surface area contributed by atoms with Crippen molar-refractivity contribution in [1.82, 2.24) is 9.97 Å². The van der Waals surface area contributed by atoms with E-state index < -0.39 is 0 Å². The van der Waals surface area contributed by atoms with Gasteiger partial charge in [-0.1, -0.05) is 6.07 Å². The molecule has 1 aliphatic heterocycles. The van der Waals surface area contributed by atoms with Gasteiger partial charge in [0, 0.05) is 23.9 Å². The summed E-state index contributed by atoms with van der Waals surface area (Å²) in [6.45, 7) is 3.26. The van der Waals surface area contributed by atoms with Crippen LogP contribution in [0, 0.1) is 6.92 Å². The van der Waals surface area contributed by atoms with Gasteiger partial charge in [-0.25, -0.2) is 9.97 Å². The smallest absolute Gasteiger partial charge is 0.261 e. The van der Waals surface area contributed by atoms with Gasteiger partial charge in [0.25, 0.3) is 5.91 Å². The summed E-state index contributed by atoms with van der Waals surface area (Å²) in [5.74, 6) is 0.0714. The average molecular weight is 432 g/mol. The molecule has 0 bridgehead atoms. The van der Waals surface area contributed by atoms with Crippen LogP contribution in [0.4, 0.5) is 5.69 Å². The molecular weight excluding hydrogens is 410 g/mol. The van der Waals surface area contributed by atoms with E-state index in [1.807, 2.05) is 30.3 Å². The number of hydrogen-bond donors (Lipinski definition) is 1. The molecule has 1 N–H and O–H groups in total. The van der Waals surface area contributed by atoms with Crippen molar-refractivity contribution in [2.75, 3.05) is 18.5 Å². The molecule has 1 saturated heterocycles. The van der Waals surface area contributed by atoms with Crippen molar-refractivity contribution in [2.45, 2.75) is 19.4 Å². The van der Waals surface area contributed by atoms with Crippen LogP contribution in [0.2, 0.25) is 0 Å². The number of aromatic nitrogens is 2. The van der Waals surface area contributed by atoms with Gasteiger partial charge in [0.15, 0.2) is 0 Å². The lowest BCUT2D eigenvalue weighted by Gasteiger charge is -2.14. The van der Waals surface area contributed by atoms with Crippen LogP contribution in [-0.2, 0) is 4.74 Å². The number of anilines is 1. The van der Waals surface area contributed by atoms with E-state index in [9.17, 15) is 4.79 Å². The molecule has 1 atom stereocenters. The van der Waals surface area contributed by atoms with E-state index in [0.717, 1.165) is 22.5 Å². The number of benzene rings is 2. The molecule has 5 rings (SSSR count). The first-order chi connectivity index (χ1) is 15.2. The molecule has 0 aliphatic carbocycles. The standard InChI is InChI=1S/C24H21N3O3S/c1-15-4-9-20-21(13-15)31-24(27-20)16-5-7-17(8-6-16)26-22(28)19-3-2-11-25-23(19)30-18-10-12-29-14-18/h2-9,11,13,18H,10,12,14H2,1H3,(H,26,28)/t18-/m0/s1. The van der Waals surface area contributed by atoms with E-state index in [0.29, 0.717) is 30.3 Å². The number of pyridine rings is 1. The molecule has 31 heavy (non-hydrogen) atoms. The van der Waals surface area contributed by atoms with Gasteiger partial charge in [-0.15, -0.1) is 11.3 Å². The molecule has 0 saturated carbocycles. The third kappa shape index (κ3) is 4.28. The van der Waals surface area contributed by atoms with Gasteiger partial charge >= 0.3 is 0 Å². The molecule has 1 fully saturated rings. The molecular formula is C24H21N3O3S. The van der Waals surface area contributed by atoms with Crippen molar-refractivity contribution in [1.29, 1.82) is 0 Å². The fourth-order valence-corrected chi connectivity index (χ4v) is 4.54. The normalized spacial score (nSPS) is 15.8. The maximum Gasteiger partial charge on any atom is 0.261 e. The number of carbonyl (C=O) groups excluding carboxylic acids is 1. The topological polar surface area (TPSA) is 73.3 Å². The fraction of sp³-hybridized carbons (Fsp3) is 0.208. The second kappa shape index (κ2) is 8.45. The quantitative estimate of drug-likeness (QED) is 0.477. The number of fused-ring (bicyclic) bond motifs is 1. The predicted octanol–water partition coefficient (Wildman–Crippen LogP) is 5.09. The predicted molar refractivity (Wildman–Crippen MR) is 122 cm³/mol. The highest BCUT2D eigenvalue weighted by molar-refractivity contribution is 7.21. The monoisotopic (exact) mass is 431 g/mol. The van der Waals surface area contributed by atoms with Crippen LogP contribution in [0.25, 0.3) is 20.8 Å². The first-order valence-electron chi connectivity index (χ1n) is 10.1. The highest BCUT2D eigenvalue weighted by Gasteiger charge is 2.21. The van der Waals surface area contributed by atoms with E-state index in [2.05, 4.69) is 29.4 Å². The van der Waals surface area contributed by atoms with Gasteiger partial charge in [-0.05, 0) is 61.0 Å². The van der Waals surface area contributed by atoms with Gasteiger partial charge in [-0.2, -0.15) is 0 Å². The Balaban J connectivity index is 1.32. The van der Waals surface area contributed by atoms with Crippen LogP contribution in [0.3, 0.4) is 0 Å². The van der Waals surface area contributed by atoms with Crippen molar-refractivity contribution < 1.29 is 14.3 Å². The molecule has 2 aromatic heterocycles. The van der Waals surface area contributed by atoms with E-state index in [1.54, 1.807) is 29.7 Å². The van der Waals surface area contributed by atoms with Crippen molar-refractivity contribution in [3.63, 3.8) is 0 Å². The highest BCUT2D eigenvalue weighted by atomic mass is 32.1. The molecule has 1 amide bonds. The molecule has 156 valence electrons. The number of thiazole rings is 1. The van der Waals surface area contributed by atoms with Gasteiger partial charge in [0.1, 0.15) is 16.7 Å². The Morgan fingerprint density at radius 3 is 2.87 bits per heavy atom. The molecule has 6 nitrogen and oxygen atoms in total. The van der Waals surface area contributed by atoms with Crippen molar-refractivity contribution in [3.8, 4) is 16.5 Å². The third-order valence-electron chi connectivity index (χ3n) is 5.12. The van der Waals surface area contributed by atoms with Gasteiger partial charge in [0.05, 0.1) is 23.4 Å². The largest absolute Gasteiger partial charge is 0.471 e. The fourth-order valence-electron chi connectivity index (χ4n) is 3.47. The summed E-state index contributed by atoms with van der Waals surface area (Å²) in [4.78, 5) is 21.8. The maximum absolute atomic E-state index is 12.8. The van der Waals surface area contributed by atoms with E-state index in [-0.39, 0.29) is 12.0 Å². The van der Waals surface area contributed by atoms with E-state index in [1.165, 1.54) is 10.3 Å². The van der Waals surface area contributed by atoms with Crippen LogP contribution in [-0.4, -0.2) is 35.2 Å². The Morgan fingerprint density at radius 1 is 1.19 bits per heavy atom. The Bertz CT molecular complexity index is 1230. The van der Waals surface area contributed by atoms with Crippen LogP contribution in [0.5, 0.6) is 5.88 Å². The summed E-state index contributed by atoms with van der Waals surface area (Å²) in [6.07, 6.45) is 2.35. The summed E-state index contributed by atoms with van der Waals surface area (Å²) in [5.41, 5.74) is 4.34. The Hall–Kier alpha value is -3.29. The van der Waals surface area contributed by atoms with Crippen molar-refractivity contribution in [2.24, 2.45) is 0 Å². The van der Waals surface area contributed by atoms with E-state index >= 15 is 0 Å². The summed E-state index contributed by atoms with van der Waals surface area (Å²) in [7, 11) is 0. The van der Waals surface area contributed by atoms with Crippen molar-refractivity contribution >= 4 is 33.1 Å². The summed E-state index contributed by atoms with van der Waals surface area (Å²) < 4.78 is 12.4. The molecule has 2 aromatic carbocycles. The maximum atomic E-state index is 12.8. The lowest BCUT2D eigenvalue weighted by molar-refractivity contribution is 0.101. The number of hydrogen-bond acceptors (Lipinski definition) is 6. The Kier molecular flexibility index (Phi) is 5.36. The van der Waals surface area contributed by atoms with E-state index in [4.69, 9.17) is 14.5 Å². The number of rotatable bonds is 5. The summed E-state index contributed by atoms with van der Waals surface area (Å²) in [5, 5.41) is 3.89. The number of nitrogens with one attached hydrogen (secondary N) is 1. The number of amides is 1. The highest BCUT2D eigenvalue weighted by Crippen LogP contribution is 2.31. The number of aryl methyl sites for hydroxylation is 1.